The van der Waals surface area contributed by atoms with Gasteiger partial charge in [-0.05, 0) is 61.4 Å². The van der Waals surface area contributed by atoms with Gasteiger partial charge in [-0.15, -0.1) is 0 Å². The van der Waals surface area contributed by atoms with Gasteiger partial charge in [-0.25, -0.2) is 4.39 Å². The van der Waals surface area contributed by atoms with Crippen LogP contribution in [0.15, 0.2) is 42.5 Å². The fraction of sp³-hybridized carbons (Fsp3) is 0.480. The Balaban J connectivity index is 1.53. The van der Waals surface area contributed by atoms with E-state index in [2.05, 4.69) is 5.32 Å². The zero-order chi connectivity index (χ0) is 21.0. The molecule has 1 aliphatic carbocycles. The Hall–Kier alpha value is -2.40. The molecular formula is C25H30FNO3. The molecule has 0 atom stereocenters. The first-order valence-corrected chi connectivity index (χ1v) is 10.9. The van der Waals surface area contributed by atoms with Crippen LogP contribution in [-0.4, -0.2) is 32.3 Å². The summed E-state index contributed by atoms with van der Waals surface area (Å²) in [6.45, 7) is 1.24. The van der Waals surface area contributed by atoms with Crippen LogP contribution in [0.5, 0.6) is 5.75 Å². The SMILES string of the molecule is COc1ccc(F)cc1-c1ccc(CC2(C(=O)NC3CCCC3)CCOCC2)cc1. The van der Waals surface area contributed by atoms with Crippen molar-refractivity contribution in [3.63, 3.8) is 0 Å². The maximum atomic E-state index is 13.8. The van der Waals surface area contributed by atoms with Crippen LogP contribution in [0.3, 0.4) is 0 Å². The highest BCUT2D eigenvalue weighted by Gasteiger charge is 2.41. The van der Waals surface area contributed by atoms with Gasteiger partial charge >= 0.3 is 0 Å². The lowest BCUT2D eigenvalue weighted by molar-refractivity contribution is -0.137. The molecular weight excluding hydrogens is 381 g/mol. The molecule has 4 rings (SSSR count). The van der Waals surface area contributed by atoms with Gasteiger partial charge in [0.15, 0.2) is 0 Å². The van der Waals surface area contributed by atoms with Crippen molar-refractivity contribution >= 4 is 5.91 Å². The average Bonchev–Trinajstić information content (AvgIpc) is 3.28. The topological polar surface area (TPSA) is 47.6 Å². The van der Waals surface area contributed by atoms with E-state index < -0.39 is 5.41 Å². The third-order valence-corrected chi connectivity index (χ3v) is 6.59. The van der Waals surface area contributed by atoms with Gasteiger partial charge in [0.2, 0.25) is 5.91 Å². The van der Waals surface area contributed by atoms with E-state index in [4.69, 9.17) is 9.47 Å². The number of nitrogens with one attached hydrogen (secondary N) is 1. The molecule has 5 heteroatoms. The number of ether oxygens (including phenoxy) is 2. The van der Waals surface area contributed by atoms with Crippen molar-refractivity contribution in [1.29, 1.82) is 0 Å². The van der Waals surface area contributed by atoms with Crippen LogP contribution in [-0.2, 0) is 16.0 Å². The molecule has 0 spiro atoms. The smallest absolute Gasteiger partial charge is 0.226 e. The van der Waals surface area contributed by atoms with Gasteiger partial charge in [0.05, 0.1) is 12.5 Å². The molecule has 0 bridgehead atoms. The minimum Gasteiger partial charge on any atom is -0.496 e. The van der Waals surface area contributed by atoms with Crippen LogP contribution >= 0.6 is 0 Å². The van der Waals surface area contributed by atoms with E-state index in [1.807, 2.05) is 24.3 Å². The highest BCUT2D eigenvalue weighted by molar-refractivity contribution is 5.83. The lowest BCUT2D eigenvalue weighted by Gasteiger charge is -2.37. The van der Waals surface area contributed by atoms with Crippen molar-refractivity contribution in [2.75, 3.05) is 20.3 Å². The average molecular weight is 412 g/mol. The number of hydrogen-bond acceptors (Lipinski definition) is 3. The van der Waals surface area contributed by atoms with E-state index in [0.29, 0.717) is 31.4 Å². The minimum absolute atomic E-state index is 0.175. The molecule has 2 aromatic rings. The number of benzene rings is 2. The Kier molecular flexibility index (Phi) is 6.38. The third kappa shape index (κ3) is 4.51. The van der Waals surface area contributed by atoms with Crippen LogP contribution in [0.2, 0.25) is 0 Å². The number of rotatable bonds is 6. The van der Waals surface area contributed by atoms with Gasteiger partial charge < -0.3 is 14.8 Å². The van der Waals surface area contributed by atoms with Crippen molar-refractivity contribution < 1.29 is 18.7 Å². The second-order valence-corrected chi connectivity index (χ2v) is 8.57. The highest BCUT2D eigenvalue weighted by Crippen LogP contribution is 2.37. The van der Waals surface area contributed by atoms with E-state index in [9.17, 15) is 9.18 Å². The Morgan fingerprint density at radius 3 is 2.50 bits per heavy atom. The van der Waals surface area contributed by atoms with Gasteiger partial charge in [0.1, 0.15) is 11.6 Å². The molecule has 1 amide bonds. The summed E-state index contributed by atoms with van der Waals surface area (Å²) < 4.78 is 24.7. The first kappa shape index (κ1) is 20.9. The number of hydrogen-bond donors (Lipinski definition) is 1. The fourth-order valence-electron chi connectivity index (χ4n) is 4.75. The fourth-order valence-corrected chi connectivity index (χ4v) is 4.75. The first-order valence-electron chi connectivity index (χ1n) is 10.9. The number of carbonyl (C=O) groups excluding carboxylic acids is 1. The van der Waals surface area contributed by atoms with Crippen molar-refractivity contribution in [3.05, 3.63) is 53.8 Å². The molecule has 1 saturated carbocycles. The molecule has 0 aromatic heterocycles. The minimum atomic E-state index is -0.418. The number of carbonyl (C=O) groups is 1. The monoisotopic (exact) mass is 411 g/mol. The van der Waals surface area contributed by atoms with Crippen LogP contribution < -0.4 is 10.1 Å². The zero-order valence-corrected chi connectivity index (χ0v) is 17.6. The van der Waals surface area contributed by atoms with Crippen molar-refractivity contribution in [3.8, 4) is 16.9 Å². The molecule has 1 aliphatic heterocycles. The lowest BCUT2D eigenvalue weighted by Crippen LogP contribution is -2.48. The molecule has 4 nitrogen and oxygen atoms in total. The molecule has 30 heavy (non-hydrogen) atoms. The summed E-state index contributed by atoms with van der Waals surface area (Å²) in [7, 11) is 1.59. The quantitative estimate of drug-likeness (QED) is 0.736. The number of methoxy groups -OCH3 is 1. The Morgan fingerprint density at radius 2 is 1.83 bits per heavy atom. The molecule has 2 aromatic carbocycles. The largest absolute Gasteiger partial charge is 0.496 e. The summed E-state index contributed by atoms with van der Waals surface area (Å²) in [5, 5.41) is 3.32. The molecule has 1 N–H and O–H groups in total. The second-order valence-electron chi connectivity index (χ2n) is 8.57. The van der Waals surface area contributed by atoms with Crippen LogP contribution in [0.4, 0.5) is 4.39 Å². The lowest BCUT2D eigenvalue weighted by atomic mass is 9.74. The summed E-state index contributed by atoms with van der Waals surface area (Å²) in [5.74, 6) is 0.522. The van der Waals surface area contributed by atoms with E-state index in [1.165, 1.54) is 25.0 Å². The molecule has 1 saturated heterocycles. The normalized spacial score (nSPS) is 18.9. The Labute approximate surface area is 177 Å². The molecule has 0 unspecified atom stereocenters. The van der Waals surface area contributed by atoms with Crippen LogP contribution in [0, 0.1) is 11.2 Å². The van der Waals surface area contributed by atoms with E-state index >= 15 is 0 Å². The first-order chi connectivity index (χ1) is 14.6. The van der Waals surface area contributed by atoms with E-state index in [1.54, 1.807) is 13.2 Å². The molecule has 2 fully saturated rings. The van der Waals surface area contributed by atoms with Gasteiger partial charge in [-0.1, -0.05) is 37.1 Å². The van der Waals surface area contributed by atoms with Crippen LogP contribution in [0.1, 0.15) is 44.1 Å². The zero-order valence-electron chi connectivity index (χ0n) is 17.6. The van der Waals surface area contributed by atoms with Crippen molar-refractivity contribution in [2.24, 2.45) is 5.41 Å². The summed E-state index contributed by atoms with van der Waals surface area (Å²) >= 11 is 0. The summed E-state index contributed by atoms with van der Waals surface area (Å²) in [5.41, 5.74) is 2.31. The molecule has 160 valence electrons. The van der Waals surface area contributed by atoms with E-state index in [0.717, 1.165) is 42.4 Å². The van der Waals surface area contributed by atoms with Gasteiger partial charge in [-0.2, -0.15) is 0 Å². The van der Waals surface area contributed by atoms with Gasteiger partial charge in [-0.3, -0.25) is 4.79 Å². The predicted molar refractivity (Wildman–Crippen MR) is 115 cm³/mol. The highest BCUT2D eigenvalue weighted by atomic mass is 19.1. The molecule has 1 heterocycles. The van der Waals surface area contributed by atoms with E-state index in [-0.39, 0.29) is 11.7 Å². The third-order valence-electron chi connectivity index (χ3n) is 6.59. The summed E-state index contributed by atoms with van der Waals surface area (Å²) in [4.78, 5) is 13.3. The summed E-state index contributed by atoms with van der Waals surface area (Å²) in [6, 6.07) is 12.9. The molecule has 2 aliphatic rings. The molecule has 0 radical (unpaired) electrons. The van der Waals surface area contributed by atoms with Gasteiger partial charge in [0.25, 0.3) is 0 Å². The van der Waals surface area contributed by atoms with Crippen LogP contribution in [0.25, 0.3) is 11.1 Å². The predicted octanol–water partition coefficient (Wildman–Crippen LogP) is 4.90. The van der Waals surface area contributed by atoms with Gasteiger partial charge in [0, 0.05) is 24.8 Å². The second kappa shape index (κ2) is 9.17. The number of halogens is 1. The maximum absolute atomic E-state index is 13.8. The summed E-state index contributed by atoms with van der Waals surface area (Å²) in [6.07, 6.45) is 6.74. The maximum Gasteiger partial charge on any atom is 0.226 e. The number of amides is 1. The van der Waals surface area contributed by atoms with Crippen molar-refractivity contribution in [2.45, 2.75) is 51.0 Å². The Bertz CT molecular complexity index is 868. The Morgan fingerprint density at radius 1 is 1.13 bits per heavy atom. The van der Waals surface area contributed by atoms with Crippen molar-refractivity contribution in [1.82, 2.24) is 5.32 Å². The standard InChI is InChI=1S/C25H30FNO3/c1-29-23-11-10-20(26)16-22(23)19-8-6-18(7-9-19)17-25(12-14-30-15-13-25)24(28)27-21-4-2-3-5-21/h6-11,16,21H,2-5,12-15,17H2,1H3,(H,27,28).